The Morgan fingerprint density at radius 2 is 2.29 bits per heavy atom. The second-order valence-corrected chi connectivity index (χ2v) is 6.86. The molecule has 1 amide bonds. The molecule has 1 saturated heterocycles. The summed E-state index contributed by atoms with van der Waals surface area (Å²) >= 11 is 0. The van der Waals surface area contributed by atoms with E-state index in [1.807, 2.05) is 0 Å². The van der Waals surface area contributed by atoms with Crippen LogP contribution in [0.15, 0.2) is 10.6 Å². The molecule has 0 spiro atoms. The van der Waals surface area contributed by atoms with Crippen molar-refractivity contribution in [3.05, 3.63) is 17.5 Å². The van der Waals surface area contributed by atoms with Gasteiger partial charge in [-0.3, -0.25) is 4.79 Å². The topological polar surface area (TPSA) is 89.3 Å². The highest BCUT2D eigenvalue weighted by Gasteiger charge is 2.39. The predicted molar refractivity (Wildman–Crippen MR) is 60.4 cm³/mol. The SMILES string of the molecule is Cc1cc(C(=O)N[C@]2(C)CCS(=O)(=O)C2)no1. The van der Waals surface area contributed by atoms with Crippen LogP contribution in [0.4, 0.5) is 0 Å². The van der Waals surface area contributed by atoms with Gasteiger partial charge in [-0.1, -0.05) is 5.16 Å². The van der Waals surface area contributed by atoms with E-state index < -0.39 is 21.3 Å². The maximum atomic E-state index is 11.8. The number of amides is 1. The van der Waals surface area contributed by atoms with Crippen molar-refractivity contribution in [2.45, 2.75) is 25.8 Å². The quantitative estimate of drug-likeness (QED) is 0.823. The minimum Gasteiger partial charge on any atom is -0.361 e. The second kappa shape index (κ2) is 3.83. The normalized spacial score (nSPS) is 26.9. The van der Waals surface area contributed by atoms with Gasteiger partial charge in [-0.15, -0.1) is 0 Å². The Bertz CT molecular complexity index is 548. The molecule has 0 unspecified atom stereocenters. The van der Waals surface area contributed by atoms with E-state index >= 15 is 0 Å². The third-order valence-electron chi connectivity index (χ3n) is 2.78. The molecule has 1 aliphatic heterocycles. The third-order valence-corrected chi connectivity index (χ3v) is 4.68. The summed E-state index contributed by atoms with van der Waals surface area (Å²) in [4.78, 5) is 11.8. The van der Waals surface area contributed by atoms with E-state index in [4.69, 9.17) is 4.52 Å². The van der Waals surface area contributed by atoms with Crippen LogP contribution in [0.25, 0.3) is 0 Å². The van der Waals surface area contributed by atoms with Gasteiger partial charge < -0.3 is 9.84 Å². The molecule has 0 bridgehead atoms. The molecule has 94 valence electrons. The van der Waals surface area contributed by atoms with Gasteiger partial charge in [-0.05, 0) is 20.3 Å². The number of nitrogens with zero attached hydrogens (tertiary/aromatic N) is 1. The molecule has 2 rings (SSSR count). The van der Waals surface area contributed by atoms with Gasteiger partial charge in [-0.25, -0.2) is 8.42 Å². The molecule has 0 aromatic carbocycles. The summed E-state index contributed by atoms with van der Waals surface area (Å²) in [7, 11) is -3.04. The van der Waals surface area contributed by atoms with Crippen LogP contribution in [0.1, 0.15) is 29.6 Å². The Morgan fingerprint density at radius 3 is 2.76 bits per heavy atom. The highest BCUT2D eigenvalue weighted by Crippen LogP contribution is 2.23. The summed E-state index contributed by atoms with van der Waals surface area (Å²) in [5.41, 5.74) is -0.531. The summed E-state index contributed by atoms with van der Waals surface area (Å²) in [6.07, 6.45) is 0.428. The molecule has 1 aliphatic rings. The maximum absolute atomic E-state index is 11.8. The number of nitrogens with one attached hydrogen (secondary N) is 1. The number of aromatic nitrogens is 1. The van der Waals surface area contributed by atoms with Crippen LogP contribution in [0, 0.1) is 6.92 Å². The van der Waals surface area contributed by atoms with Crippen molar-refractivity contribution in [2.24, 2.45) is 0 Å². The van der Waals surface area contributed by atoms with Crippen molar-refractivity contribution in [3.63, 3.8) is 0 Å². The van der Waals surface area contributed by atoms with Crippen LogP contribution in [0.3, 0.4) is 0 Å². The predicted octanol–water partition coefficient (Wildman–Crippen LogP) is 0.290. The molecule has 2 heterocycles. The van der Waals surface area contributed by atoms with E-state index in [1.165, 1.54) is 6.07 Å². The van der Waals surface area contributed by atoms with Crippen LogP contribution in [0.2, 0.25) is 0 Å². The molecule has 0 saturated carbocycles. The summed E-state index contributed by atoms with van der Waals surface area (Å²) in [6.45, 7) is 3.41. The fourth-order valence-electron chi connectivity index (χ4n) is 1.92. The minimum absolute atomic E-state index is 0.0252. The van der Waals surface area contributed by atoms with Crippen LogP contribution < -0.4 is 5.32 Å². The number of aryl methyl sites for hydroxylation is 1. The zero-order valence-electron chi connectivity index (χ0n) is 9.69. The molecule has 0 aliphatic carbocycles. The van der Waals surface area contributed by atoms with Gasteiger partial charge in [0, 0.05) is 6.07 Å². The maximum Gasteiger partial charge on any atom is 0.273 e. The molecule has 7 heteroatoms. The Morgan fingerprint density at radius 1 is 1.59 bits per heavy atom. The number of carbonyl (C=O) groups is 1. The van der Waals surface area contributed by atoms with E-state index in [0.29, 0.717) is 12.2 Å². The van der Waals surface area contributed by atoms with Gasteiger partial charge in [0.25, 0.3) is 5.91 Å². The zero-order valence-corrected chi connectivity index (χ0v) is 10.5. The van der Waals surface area contributed by atoms with Gasteiger partial charge in [0.2, 0.25) is 0 Å². The Kier molecular flexibility index (Phi) is 2.73. The second-order valence-electron chi connectivity index (χ2n) is 4.68. The number of hydrogen-bond acceptors (Lipinski definition) is 5. The molecule has 6 nitrogen and oxygen atoms in total. The number of sulfone groups is 1. The van der Waals surface area contributed by atoms with Crippen LogP contribution in [-0.4, -0.2) is 36.5 Å². The lowest BCUT2D eigenvalue weighted by atomic mass is 10.0. The molecule has 1 aromatic heterocycles. The molecule has 1 N–H and O–H groups in total. The first-order valence-electron chi connectivity index (χ1n) is 5.26. The average Bonchev–Trinajstić information content (AvgIpc) is 2.71. The van der Waals surface area contributed by atoms with Crippen molar-refractivity contribution in [1.82, 2.24) is 10.5 Å². The molecule has 17 heavy (non-hydrogen) atoms. The Hall–Kier alpha value is -1.37. The molecule has 0 radical (unpaired) electrons. The van der Waals surface area contributed by atoms with Gasteiger partial charge >= 0.3 is 0 Å². The van der Waals surface area contributed by atoms with Gasteiger partial charge in [0.05, 0.1) is 17.0 Å². The lowest BCUT2D eigenvalue weighted by Gasteiger charge is -2.22. The lowest BCUT2D eigenvalue weighted by molar-refractivity contribution is 0.0906. The minimum atomic E-state index is -3.04. The van der Waals surface area contributed by atoms with E-state index in [-0.39, 0.29) is 17.2 Å². The summed E-state index contributed by atoms with van der Waals surface area (Å²) < 4.78 is 27.6. The Balaban J connectivity index is 2.10. The first-order valence-corrected chi connectivity index (χ1v) is 7.08. The smallest absolute Gasteiger partial charge is 0.273 e. The van der Waals surface area contributed by atoms with Crippen LogP contribution in [-0.2, 0) is 9.84 Å². The molecule has 1 fully saturated rings. The standard InChI is InChI=1S/C10H14N2O4S/c1-7-5-8(12-16-7)9(13)11-10(2)3-4-17(14,15)6-10/h5H,3-4,6H2,1-2H3,(H,11,13)/t10-/m1/s1. The largest absolute Gasteiger partial charge is 0.361 e. The third kappa shape index (κ3) is 2.66. The summed E-state index contributed by atoms with van der Waals surface area (Å²) in [5, 5.41) is 6.29. The fraction of sp³-hybridized carbons (Fsp3) is 0.600. The number of carbonyl (C=O) groups excluding carboxylic acids is 1. The van der Waals surface area contributed by atoms with Crippen LogP contribution in [0.5, 0.6) is 0 Å². The van der Waals surface area contributed by atoms with E-state index in [2.05, 4.69) is 10.5 Å². The highest BCUT2D eigenvalue weighted by atomic mass is 32.2. The number of hydrogen-bond donors (Lipinski definition) is 1. The molecule has 1 atom stereocenters. The van der Waals surface area contributed by atoms with Crippen LogP contribution >= 0.6 is 0 Å². The zero-order chi connectivity index (χ0) is 12.7. The monoisotopic (exact) mass is 258 g/mol. The highest BCUT2D eigenvalue weighted by molar-refractivity contribution is 7.91. The van der Waals surface area contributed by atoms with E-state index in [1.54, 1.807) is 13.8 Å². The molecular weight excluding hydrogens is 244 g/mol. The van der Waals surface area contributed by atoms with E-state index in [9.17, 15) is 13.2 Å². The average molecular weight is 258 g/mol. The first kappa shape index (κ1) is 12.1. The lowest BCUT2D eigenvalue weighted by Crippen LogP contribution is -2.47. The summed E-state index contributed by atoms with van der Waals surface area (Å²) in [5.74, 6) is 0.227. The van der Waals surface area contributed by atoms with E-state index in [0.717, 1.165) is 0 Å². The van der Waals surface area contributed by atoms with Crippen molar-refractivity contribution in [2.75, 3.05) is 11.5 Å². The van der Waals surface area contributed by atoms with Gasteiger partial charge in [0.15, 0.2) is 15.5 Å². The van der Waals surface area contributed by atoms with Crippen molar-refractivity contribution < 1.29 is 17.7 Å². The summed E-state index contributed by atoms with van der Waals surface area (Å²) in [6, 6.07) is 1.52. The van der Waals surface area contributed by atoms with Crippen molar-refractivity contribution in [1.29, 1.82) is 0 Å². The Labute approximate surface area is 99.3 Å². The van der Waals surface area contributed by atoms with Crippen molar-refractivity contribution >= 4 is 15.7 Å². The first-order chi connectivity index (χ1) is 7.80. The molecular formula is C10H14N2O4S. The number of rotatable bonds is 2. The molecule has 1 aromatic rings. The van der Waals surface area contributed by atoms with Gasteiger partial charge in [0.1, 0.15) is 5.76 Å². The van der Waals surface area contributed by atoms with Crippen molar-refractivity contribution in [3.8, 4) is 0 Å². The van der Waals surface area contributed by atoms with Gasteiger partial charge in [-0.2, -0.15) is 0 Å². The fourth-order valence-corrected chi connectivity index (χ4v) is 4.01.